The number of phosphoric acid groups is 2. The number of allylic oxidation sites excluding steroid dienone is 3. The van der Waals surface area contributed by atoms with Crippen LogP contribution in [0, 0.1) is 0 Å². The van der Waals surface area contributed by atoms with Crippen molar-refractivity contribution in [1.82, 2.24) is 0 Å². The van der Waals surface area contributed by atoms with Crippen molar-refractivity contribution in [3.8, 4) is 0 Å². The minimum absolute atomic E-state index is 0.00990. The summed E-state index contributed by atoms with van der Waals surface area (Å²) in [5, 5.41) is 0. The molecule has 29 heavy (non-hydrogen) atoms. The van der Waals surface area contributed by atoms with Gasteiger partial charge in [-0.3, -0.25) is 19.1 Å². The summed E-state index contributed by atoms with van der Waals surface area (Å²) in [5.74, 6) is 0.238. The summed E-state index contributed by atoms with van der Waals surface area (Å²) in [7, 11) is -8.81. The number of ketones is 1. The first-order valence-corrected chi connectivity index (χ1v) is 12.9. The van der Waals surface area contributed by atoms with E-state index in [1.165, 1.54) is 6.08 Å². The second kappa shape index (κ2) is 16.9. The van der Waals surface area contributed by atoms with Crippen molar-refractivity contribution in [3.63, 3.8) is 0 Å². The van der Waals surface area contributed by atoms with Gasteiger partial charge in [-0.2, -0.15) is 0 Å². The van der Waals surface area contributed by atoms with Crippen LogP contribution in [0.3, 0.4) is 0 Å². The van der Waals surface area contributed by atoms with Crippen molar-refractivity contribution in [3.05, 3.63) is 24.5 Å². The molecular formula is C18H34O9P2. The predicted octanol–water partition coefficient (Wildman–Crippen LogP) is 4.53. The minimum Gasteiger partial charge on any atom is -0.412 e. The van der Waals surface area contributed by atoms with Crippen LogP contribution in [0.4, 0.5) is 0 Å². The van der Waals surface area contributed by atoms with Crippen molar-refractivity contribution in [2.24, 2.45) is 0 Å². The van der Waals surface area contributed by atoms with Crippen molar-refractivity contribution >= 4 is 21.4 Å². The molecule has 170 valence electrons. The number of phosphoric ester groups is 2. The molecule has 4 N–H and O–H groups in total. The van der Waals surface area contributed by atoms with E-state index in [0.717, 1.165) is 57.6 Å². The molecule has 0 aromatic heterocycles. The molecular weight excluding hydrogens is 422 g/mol. The first-order valence-electron chi connectivity index (χ1n) is 9.87. The molecule has 0 spiro atoms. The van der Waals surface area contributed by atoms with Crippen LogP contribution in [0.15, 0.2) is 24.5 Å². The number of Topliss-reactive ketones (excluding diaryl/α,β-unsaturated/α-hetero) is 1. The fourth-order valence-electron chi connectivity index (χ4n) is 2.54. The van der Waals surface area contributed by atoms with Gasteiger partial charge < -0.3 is 14.3 Å². The molecule has 0 aliphatic carbocycles. The maximum atomic E-state index is 11.8. The van der Waals surface area contributed by atoms with Gasteiger partial charge in [-0.15, -0.1) is 0 Å². The zero-order valence-electron chi connectivity index (χ0n) is 16.7. The molecule has 0 aromatic carbocycles. The Morgan fingerprint density at radius 3 is 1.86 bits per heavy atom. The maximum absolute atomic E-state index is 11.8. The maximum Gasteiger partial charge on any atom is 0.524 e. The standard InChI is InChI=1S/C18H34O9P2/c19-18(15-11-9-13-17-27-29(23,24)25)14-10-7-5-3-1-2-4-6-8-12-16-26-28(20,21)22/h6,8,12,16H,1-5,7,9-11,13-15,17H2,(H2,20,21,22)(H2,23,24,25)/b8-6+,16-12+. The minimum atomic E-state index is -4.44. The van der Waals surface area contributed by atoms with Gasteiger partial charge in [0.2, 0.25) is 0 Å². The third-order valence-corrected chi connectivity index (χ3v) is 4.88. The molecule has 0 saturated carbocycles. The topological polar surface area (TPSA) is 151 Å². The lowest BCUT2D eigenvalue weighted by atomic mass is 10.0. The van der Waals surface area contributed by atoms with Crippen LogP contribution < -0.4 is 0 Å². The van der Waals surface area contributed by atoms with Gasteiger partial charge in [-0.25, -0.2) is 9.13 Å². The molecule has 0 atom stereocenters. The zero-order chi connectivity index (χ0) is 22.0. The molecule has 11 heteroatoms. The largest absolute Gasteiger partial charge is 0.524 e. The van der Waals surface area contributed by atoms with Gasteiger partial charge in [0, 0.05) is 12.8 Å². The van der Waals surface area contributed by atoms with Crippen molar-refractivity contribution in [1.29, 1.82) is 0 Å². The van der Waals surface area contributed by atoms with E-state index < -0.39 is 15.6 Å². The lowest BCUT2D eigenvalue weighted by Gasteiger charge is -2.05. The number of carbonyl (C=O) groups excluding carboxylic acids is 1. The zero-order valence-corrected chi connectivity index (χ0v) is 18.5. The molecule has 0 rings (SSSR count). The SMILES string of the molecule is O=C(CCCCCCCC/C=C/C=C/OP(=O)(O)O)CCCCCOP(=O)(O)O. The fraction of sp³-hybridized carbons (Fsp3) is 0.722. The van der Waals surface area contributed by atoms with E-state index >= 15 is 0 Å². The van der Waals surface area contributed by atoms with Crippen LogP contribution in [0.25, 0.3) is 0 Å². The van der Waals surface area contributed by atoms with E-state index in [4.69, 9.17) is 19.6 Å². The molecule has 0 aliphatic heterocycles. The molecule has 9 nitrogen and oxygen atoms in total. The smallest absolute Gasteiger partial charge is 0.412 e. The highest BCUT2D eigenvalue weighted by atomic mass is 31.2. The van der Waals surface area contributed by atoms with Crippen LogP contribution in [0.2, 0.25) is 0 Å². The highest BCUT2D eigenvalue weighted by Crippen LogP contribution is 2.36. The first kappa shape index (κ1) is 28.2. The van der Waals surface area contributed by atoms with Crippen molar-refractivity contribution in [2.45, 2.75) is 77.0 Å². The summed E-state index contributed by atoms with van der Waals surface area (Å²) in [6, 6.07) is 0. The first-order chi connectivity index (χ1) is 13.6. The van der Waals surface area contributed by atoms with Crippen LogP contribution >= 0.6 is 15.6 Å². The van der Waals surface area contributed by atoms with E-state index in [1.807, 2.05) is 6.08 Å². The van der Waals surface area contributed by atoms with E-state index in [1.54, 1.807) is 6.08 Å². The van der Waals surface area contributed by atoms with Gasteiger partial charge in [0.25, 0.3) is 0 Å². The number of carbonyl (C=O) groups is 1. The third kappa shape index (κ3) is 25.2. The van der Waals surface area contributed by atoms with Gasteiger partial charge in [-0.05, 0) is 38.2 Å². The molecule has 0 amide bonds. The molecule has 0 fully saturated rings. The molecule has 0 aromatic rings. The quantitative estimate of drug-likeness (QED) is 0.0951. The van der Waals surface area contributed by atoms with Gasteiger partial charge in [0.15, 0.2) is 0 Å². The molecule has 0 radical (unpaired) electrons. The fourth-order valence-corrected chi connectivity index (χ4v) is 3.13. The van der Waals surface area contributed by atoms with Crippen LogP contribution in [0.1, 0.15) is 77.0 Å². The predicted molar refractivity (Wildman–Crippen MR) is 110 cm³/mol. The summed E-state index contributed by atoms with van der Waals surface area (Å²) in [6.07, 6.45) is 16.2. The van der Waals surface area contributed by atoms with E-state index in [2.05, 4.69) is 9.05 Å². The highest BCUT2D eigenvalue weighted by Gasteiger charge is 2.12. The van der Waals surface area contributed by atoms with Gasteiger partial charge in [0.05, 0.1) is 12.9 Å². The summed E-state index contributed by atoms with van der Waals surface area (Å²) in [4.78, 5) is 45.7. The average molecular weight is 456 g/mol. The van der Waals surface area contributed by atoms with E-state index in [9.17, 15) is 13.9 Å². The van der Waals surface area contributed by atoms with E-state index in [0.29, 0.717) is 25.7 Å². The molecule has 0 bridgehead atoms. The molecule has 0 aliphatic rings. The normalized spacial score (nSPS) is 12.8. The Bertz CT molecular complexity index is 578. The Balaban J connectivity index is 3.38. The molecule has 0 saturated heterocycles. The Labute approximate surface area is 172 Å². The van der Waals surface area contributed by atoms with Crippen LogP contribution in [-0.2, 0) is 23.0 Å². The van der Waals surface area contributed by atoms with Gasteiger partial charge in [0.1, 0.15) is 5.78 Å². The third-order valence-electron chi connectivity index (χ3n) is 3.96. The lowest BCUT2D eigenvalue weighted by molar-refractivity contribution is -0.119. The Hall–Kier alpha value is -0.790. The second-order valence-electron chi connectivity index (χ2n) is 6.69. The number of hydrogen-bond donors (Lipinski definition) is 4. The number of hydrogen-bond acceptors (Lipinski definition) is 5. The van der Waals surface area contributed by atoms with Crippen LogP contribution in [-0.4, -0.2) is 32.0 Å². The summed E-state index contributed by atoms with van der Waals surface area (Å²) < 4.78 is 29.4. The second-order valence-corrected chi connectivity index (χ2v) is 9.12. The van der Waals surface area contributed by atoms with Crippen molar-refractivity contribution in [2.75, 3.05) is 6.61 Å². The Kier molecular flexibility index (Phi) is 16.5. The van der Waals surface area contributed by atoms with E-state index in [-0.39, 0.29) is 12.4 Å². The lowest BCUT2D eigenvalue weighted by Crippen LogP contribution is -1.98. The average Bonchev–Trinajstić information content (AvgIpc) is 2.60. The summed E-state index contributed by atoms with van der Waals surface area (Å²) in [6.45, 7) is 0.00990. The Morgan fingerprint density at radius 2 is 1.28 bits per heavy atom. The molecule has 0 unspecified atom stereocenters. The molecule has 0 heterocycles. The number of unbranched alkanes of at least 4 members (excludes halogenated alkanes) is 8. The number of rotatable bonds is 19. The Morgan fingerprint density at radius 1 is 0.724 bits per heavy atom. The van der Waals surface area contributed by atoms with Gasteiger partial charge in [-0.1, -0.05) is 44.3 Å². The van der Waals surface area contributed by atoms with Crippen LogP contribution in [0.5, 0.6) is 0 Å². The summed E-state index contributed by atoms with van der Waals surface area (Å²) in [5.41, 5.74) is 0. The highest BCUT2D eigenvalue weighted by molar-refractivity contribution is 7.46. The van der Waals surface area contributed by atoms with Crippen molar-refractivity contribution < 1.29 is 42.5 Å². The monoisotopic (exact) mass is 456 g/mol. The van der Waals surface area contributed by atoms with Gasteiger partial charge >= 0.3 is 15.6 Å². The summed E-state index contributed by atoms with van der Waals surface area (Å²) >= 11 is 0.